The summed E-state index contributed by atoms with van der Waals surface area (Å²) >= 11 is 0. The van der Waals surface area contributed by atoms with Gasteiger partial charge in [-0.1, -0.05) is 0 Å². The van der Waals surface area contributed by atoms with Crippen molar-refractivity contribution in [1.29, 1.82) is 0 Å². The zero-order valence-electron chi connectivity index (χ0n) is 16.6. The number of rotatable bonds is 8. The molecule has 1 N–H and O–H groups in total. The van der Waals surface area contributed by atoms with E-state index in [1.54, 1.807) is 12.1 Å². The molecule has 6 nitrogen and oxygen atoms in total. The SMILES string of the molecule is O=c1c(CCCCNCCN=C2CCCC(F)=C2F)coc2cc3c(cc12)OCO3. The van der Waals surface area contributed by atoms with Gasteiger partial charge in [-0.25, -0.2) is 8.78 Å². The van der Waals surface area contributed by atoms with Crippen LogP contribution in [0.15, 0.2) is 44.3 Å². The van der Waals surface area contributed by atoms with Crippen molar-refractivity contribution >= 4 is 16.7 Å². The van der Waals surface area contributed by atoms with Crippen LogP contribution < -0.4 is 20.2 Å². The minimum atomic E-state index is -0.778. The van der Waals surface area contributed by atoms with Crippen molar-refractivity contribution in [3.8, 4) is 11.5 Å². The van der Waals surface area contributed by atoms with Crippen molar-refractivity contribution in [1.82, 2.24) is 5.32 Å². The highest BCUT2D eigenvalue weighted by Gasteiger charge is 2.19. The van der Waals surface area contributed by atoms with Gasteiger partial charge in [0.05, 0.1) is 23.9 Å². The third kappa shape index (κ3) is 4.53. The standard InChI is InChI=1S/C22H24F2N2O4/c23-16-5-3-6-17(21(16)24)26-9-8-25-7-2-1-4-14-12-28-18-11-20-19(29-13-30-20)10-15(18)22(14)27/h10-12,25H,1-9,13H2. The van der Waals surface area contributed by atoms with E-state index in [2.05, 4.69) is 10.3 Å². The maximum absolute atomic E-state index is 13.6. The topological polar surface area (TPSA) is 73.1 Å². The van der Waals surface area contributed by atoms with E-state index in [9.17, 15) is 13.6 Å². The predicted octanol–water partition coefficient (Wildman–Crippen LogP) is 4.21. The van der Waals surface area contributed by atoms with Gasteiger partial charge in [-0.3, -0.25) is 9.79 Å². The van der Waals surface area contributed by atoms with E-state index in [0.717, 1.165) is 19.4 Å². The summed E-state index contributed by atoms with van der Waals surface area (Å²) < 4.78 is 43.0. The van der Waals surface area contributed by atoms with Crippen LogP contribution in [0.25, 0.3) is 11.0 Å². The summed E-state index contributed by atoms with van der Waals surface area (Å²) in [6.07, 6.45) is 5.10. The number of unbranched alkanes of at least 4 members (excludes halogenated alkanes) is 1. The van der Waals surface area contributed by atoms with E-state index >= 15 is 0 Å². The van der Waals surface area contributed by atoms with E-state index in [0.29, 0.717) is 60.4 Å². The highest BCUT2D eigenvalue weighted by molar-refractivity contribution is 5.99. The summed E-state index contributed by atoms with van der Waals surface area (Å²) in [4.78, 5) is 16.8. The molecule has 2 aliphatic rings. The molecule has 2 aromatic rings. The monoisotopic (exact) mass is 418 g/mol. The van der Waals surface area contributed by atoms with Crippen molar-refractivity contribution in [2.24, 2.45) is 4.99 Å². The Balaban J connectivity index is 1.21. The van der Waals surface area contributed by atoms with Gasteiger partial charge in [0.15, 0.2) is 22.8 Å². The number of nitrogens with zero attached hydrogens (tertiary/aromatic N) is 1. The highest BCUT2D eigenvalue weighted by Crippen LogP contribution is 2.35. The number of allylic oxidation sites excluding steroid dienone is 2. The van der Waals surface area contributed by atoms with Crippen LogP contribution in [0.3, 0.4) is 0 Å². The Labute approximate surface area is 172 Å². The number of aliphatic imine (C=N–C) groups is 1. The molecular weight excluding hydrogens is 394 g/mol. The van der Waals surface area contributed by atoms with Crippen molar-refractivity contribution in [3.05, 3.63) is 45.8 Å². The van der Waals surface area contributed by atoms with Crippen LogP contribution >= 0.6 is 0 Å². The Bertz CT molecular complexity index is 1050. The first-order valence-electron chi connectivity index (χ1n) is 10.3. The maximum Gasteiger partial charge on any atom is 0.231 e. The molecule has 0 amide bonds. The molecule has 0 unspecified atom stereocenters. The summed E-state index contributed by atoms with van der Waals surface area (Å²) in [5.41, 5.74) is 1.31. The second-order valence-electron chi connectivity index (χ2n) is 7.40. The number of hydrogen-bond acceptors (Lipinski definition) is 6. The molecule has 1 aromatic heterocycles. The van der Waals surface area contributed by atoms with E-state index < -0.39 is 11.7 Å². The molecule has 0 atom stereocenters. The molecule has 0 saturated carbocycles. The Morgan fingerprint density at radius 3 is 2.77 bits per heavy atom. The minimum Gasteiger partial charge on any atom is -0.464 e. The average molecular weight is 418 g/mol. The lowest BCUT2D eigenvalue weighted by Gasteiger charge is -2.11. The van der Waals surface area contributed by atoms with Crippen LogP contribution in [0.5, 0.6) is 11.5 Å². The van der Waals surface area contributed by atoms with E-state index in [4.69, 9.17) is 13.9 Å². The maximum atomic E-state index is 13.6. The predicted molar refractivity (Wildman–Crippen MR) is 110 cm³/mol. The van der Waals surface area contributed by atoms with Crippen LogP contribution in [0.4, 0.5) is 8.78 Å². The molecule has 2 heterocycles. The van der Waals surface area contributed by atoms with Gasteiger partial charge in [-0.15, -0.1) is 0 Å². The molecule has 30 heavy (non-hydrogen) atoms. The number of nitrogens with one attached hydrogen (secondary N) is 1. The molecule has 0 bridgehead atoms. The number of halogens is 2. The minimum absolute atomic E-state index is 0.0480. The molecule has 1 aromatic carbocycles. The van der Waals surface area contributed by atoms with Crippen molar-refractivity contribution in [2.45, 2.75) is 38.5 Å². The number of hydrogen-bond donors (Lipinski definition) is 1. The second kappa shape index (κ2) is 9.38. The number of aryl methyl sites for hydroxylation is 1. The second-order valence-corrected chi connectivity index (χ2v) is 7.40. The molecule has 160 valence electrons. The molecule has 8 heteroatoms. The Kier molecular flexibility index (Phi) is 6.42. The van der Waals surface area contributed by atoms with Gasteiger partial charge in [0.1, 0.15) is 11.4 Å². The first kappa shape index (κ1) is 20.5. The lowest BCUT2D eigenvalue weighted by Crippen LogP contribution is -2.20. The summed E-state index contributed by atoms with van der Waals surface area (Å²) in [6.45, 7) is 1.92. The quantitative estimate of drug-likeness (QED) is 0.650. The van der Waals surface area contributed by atoms with Crippen LogP contribution in [-0.2, 0) is 6.42 Å². The highest BCUT2D eigenvalue weighted by atomic mass is 19.2. The summed E-state index contributed by atoms with van der Waals surface area (Å²) in [7, 11) is 0. The number of benzene rings is 1. The first-order chi connectivity index (χ1) is 14.6. The Morgan fingerprint density at radius 1 is 1.07 bits per heavy atom. The van der Waals surface area contributed by atoms with Gasteiger partial charge in [0.25, 0.3) is 0 Å². The van der Waals surface area contributed by atoms with Crippen LogP contribution in [0.2, 0.25) is 0 Å². The molecule has 0 fully saturated rings. The summed E-state index contributed by atoms with van der Waals surface area (Å²) in [6, 6.07) is 3.35. The lowest BCUT2D eigenvalue weighted by atomic mass is 10.0. The molecule has 1 aliphatic carbocycles. The van der Waals surface area contributed by atoms with Gasteiger partial charge in [-0.2, -0.15) is 0 Å². The first-order valence-corrected chi connectivity index (χ1v) is 10.3. The van der Waals surface area contributed by atoms with Crippen molar-refractivity contribution in [3.63, 3.8) is 0 Å². The van der Waals surface area contributed by atoms with Crippen molar-refractivity contribution in [2.75, 3.05) is 26.4 Å². The van der Waals surface area contributed by atoms with E-state index in [1.807, 2.05) is 0 Å². The smallest absolute Gasteiger partial charge is 0.231 e. The summed E-state index contributed by atoms with van der Waals surface area (Å²) in [5.74, 6) is -0.316. The van der Waals surface area contributed by atoms with E-state index in [1.165, 1.54) is 6.26 Å². The van der Waals surface area contributed by atoms with Gasteiger partial charge in [0.2, 0.25) is 6.79 Å². The third-order valence-corrected chi connectivity index (χ3v) is 5.28. The molecule has 0 saturated heterocycles. The molecule has 0 radical (unpaired) electrons. The Hall–Kier alpha value is -2.74. The van der Waals surface area contributed by atoms with Crippen LogP contribution in [-0.4, -0.2) is 32.1 Å². The fourth-order valence-corrected chi connectivity index (χ4v) is 3.63. The molecule has 4 rings (SSSR count). The molecular formula is C22H24F2N2O4. The Morgan fingerprint density at radius 2 is 1.90 bits per heavy atom. The number of fused-ring (bicyclic) bond motifs is 2. The average Bonchev–Trinajstić information content (AvgIpc) is 3.20. The fourth-order valence-electron chi connectivity index (χ4n) is 3.63. The molecule has 1 aliphatic heterocycles. The van der Waals surface area contributed by atoms with Crippen LogP contribution in [0.1, 0.15) is 37.7 Å². The van der Waals surface area contributed by atoms with Gasteiger partial charge in [-0.05, 0) is 44.7 Å². The number of ether oxygens (including phenoxy) is 2. The lowest BCUT2D eigenvalue weighted by molar-refractivity contribution is 0.174. The van der Waals surface area contributed by atoms with Crippen LogP contribution in [0, 0.1) is 0 Å². The zero-order chi connectivity index (χ0) is 20.9. The van der Waals surface area contributed by atoms with Gasteiger partial charge >= 0.3 is 0 Å². The van der Waals surface area contributed by atoms with E-state index in [-0.39, 0.29) is 24.4 Å². The fraction of sp³-hybridized carbons (Fsp3) is 0.455. The largest absolute Gasteiger partial charge is 0.464 e. The zero-order valence-corrected chi connectivity index (χ0v) is 16.6. The molecule has 0 spiro atoms. The summed E-state index contributed by atoms with van der Waals surface area (Å²) in [5, 5.41) is 3.73. The van der Waals surface area contributed by atoms with Gasteiger partial charge in [0, 0.05) is 24.6 Å². The van der Waals surface area contributed by atoms with Crippen molar-refractivity contribution < 1.29 is 22.7 Å². The third-order valence-electron chi connectivity index (χ3n) is 5.28. The normalized spacial score (nSPS) is 17.3. The van der Waals surface area contributed by atoms with Gasteiger partial charge < -0.3 is 19.2 Å².